The molecule has 0 aromatic carbocycles. The lowest BCUT2D eigenvalue weighted by Crippen LogP contribution is -2.61. The molecule has 206 valence electrons. The van der Waals surface area contributed by atoms with Crippen molar-refractivity contribution in [1.82, 2.24) is 0 Å². The summed E-state index contributed by atoms with van der Waals surface area (Å²) in [6, 6.07) is 0. The van der Waals surface area contributed by atoms with E-state index in [1.165, 1.54) is 5.57 Å². The molecule has 37 heavy (non-hydrogen) atoms. The molecule has 3 saturated carbocycles. The van der Waals surface area contributed by atoms with Crippen LogP contribution in [0.25, 0.3) is 0 Å². The number of esters is 1. The molecule has 0 aromatic rings. The SMILES string of the molecule is C[C@H]1O[C@@H](O[C@@H]2C=C3CC[C@@H]4[C@H](CC[C@]5(C)[C@@H](C6=CC(=O)OC6)CC[C@]45O)[C@@]3(C)CC2)[C@H](O)[C@@H](O)[C@H]1O. The zero-order valence-corrected chi connectivity index (χ0v) is 22.1. The molecule has 8 nitrogen and oxygen atoms in total. The molecule has 0 amide bonds. The van der Waals surface area contributed by atoms with Gasteiger partial charge in [-0.2, -0.15) is 0 Å². The number of allylic oxidation sites excluding steroid dienone is 1. The van der Waals surface area contributed by atoms with Crippen LogP contribution in [0.15, 0.2) is 23.3 Å². The zero-order valence-electron chi connectivity index (χ0n) is 22.1. The van der Waals surface area contributed by atoms with E-state index in [1.54, 1.807) is 13.0 Å². The summed E-state index contributed by atoms with van der Waals surface area (Å²) < 4.78 is 17.0. The summed E-state index contributed by atoms with van der Waals surface area (Å²) in [4.78, 5) is 11.8. The molecule has 1 saturated heterocycles. The first-order valence-corrected chi connectivity index (χ1v) is 14.1. The van der Waals surface area contributed by atoms with E-state index in [4.69, 9.17) is 14.2 Å². The number of fused-ring (bicyclic) bond motifs is 5. The minimum Gasteiger partial charge on any atom is -0.458 e. The van der Waals surface area contributed by atoms with E-state index in [-0.39, 0.29) is 34.7 Å². The van der Waals surface area contributed by atoms with E-state index < -0.39 is 36.3 Å². The van der Waals surface area contributed by atoms with Crippen molar-refractivity contribution in [3.05, 3.63) is 23.3 Å². The van der Waals surface area contributed by atoms with Crippen LogP contribution in [0.4, 0.5) is 0 Å². The number of hydrogen-bond donors (Lipinski definition) is 4. The van der Waals surface area contributed by atoms with Gasteiger partial charge in [-0.3, -0.25) is 0 Å². The van der Waals surface area contributed by atoms with Crippen molar-refractivity contribution in [2.24, 2.45) is 28.6 Å². The van der Waals surface area contributed by atoms with Crippen molar-refractivity contribution in [3.63, 3.8) is 0 Å². The summed E-state index contributed by atoms with van der Waals surface area (Å²) in [6.45, 7) is 6.62. The Balaban J connectivity index is 1.20. The highest BCUT2D eigenvalue weighted by Crippen LogP contribution is 2.69. The first kappa shape index (κ1) is 26.0. The van der Waals surface area contributed by atoms with Crippen molar-refractivity contribution in [2.75, 3.05) is 6.61 Å². The second-order valence-electron chi connectivity index (χ2n) is 13.1. The van der Waals surface area contributed by atoms with Gasteiger partial charge in [0.2, 0.25) is 0 Å². The van der Waals surface area contributed by atoms with Crippen LogP contribution in [0.2, 0.25) is 0 Å². The summed E-state index contributed by atoms with van der Waals surface area (Å²) in [5.74, 6) is 0.537. The van der Waals surface area contributed by atoms with Gasteiger partial charge in [0.15, 0.2) is 6.29 Å². The Bertz CT molecular complexity index is 1010. The molecule has 4 N–H and O–H groups in total. The number of carbonyl (C=O) groups is 1. The maximum atomic E-state index is 12.3. The van der Waals surface area contributed by atoms with Gasteiger partial charge in [-0.1, -0.05) is 25.5 Å². The lowest BCUT2D eigenvalue weighted by atomic mass is 9.45. The number of aliphatic hydroxyl groups is 4. The fraction of sp³-hybridized carbons (Fsp3) is 0.828. The lowest BCUT2D eigenvalue weighted by Gasteiger charge is -2.62. The van der Waals surface area contributed by atoms with Crippen LogP contribution in [0, 0.1) is 28.6 Å². The van der Waals surface area contributed by atoms with E-state index in [2.05, 4.69) is 19.9 Å². The Kier molecular flexibility index (Phi) is 6.22. The van der Waals surface area contributed by atoms with E-state index in [0.29, 0.717) is 12.5 Å². The molecule has 0 radical (unpaired) electrons. The Hall–Kier alpha value is -1.29. The number of rotatable bonds is 3. The fourth-order valence-electron chi connectivity index (χ4n) is 9.26. The predicted octanol–water partition coefficient (Wildman–Crippen LogP) is 2.38. The highest BCUT2D eigenvalue weighted by molar-refractivity contribution is 5.85. The molecule has 8 heteroatoms. The maximum absolute atomic E-state index is 12.3. The highest BCUT2D eigenvalue weighted by atomic mass is 16.7. The molecule has 6 aliphatic rings. The van der Waals surface area contributed by atoms with E-state index in [9.17, 15) is 25.2 Å². The number of carbonyl (C=O) groups excluding carboxylic acids is 1. The quantitative estimate of drug-likeness (QED) is 0.332. The Morgan fingerprint density at radius 3 is 2.49 bits per heavy atom. The number of hydrogen-bond acceptors (Lipinski definition) is 8. The Labute approximate surface area is 218 Å². The predicted molar refractivity (Wildman–Crippen MR) is 133 cm³/mol. The first-order chi connectivity index (χ1) is 17.5. The molecule has 0 spiro atoms. The van der Waals surface area contributed by atoms with E-state index in [0.717, 1.165) is 56.9 Å². The smallest absolute Gasteiger partial charge is 0.331 e. The third kappa shape index (κ3) is 3.74. The van der Waals surface area contributed by atoms with Gasteiger partial charge in [-0.15, -0.1) is 0 Å². The third-order valence-electron chi connectivity index (χ3n) is 11.5. The van der Waals surface area contributed by atoms with Crippen molar-refractivity contribution < 1.29 is 39.4 Å². The normalized spacial score (nSPS) is 53.5. The number of cyclic esters (lactones) is 1. The average molecular weight is 519 g/mol. The zero-order chi connectivity index (χ0) is 26.3. The van der Waals surface area contributed by atoms with Crippen LogP contribution in [0.5, 0.6) is 0 Å². The topological polar surface area (TPSA) is 126 Å². The van der Waals surface area contributed by atoms with Gasteiger partial charge in [0, 0.05) is 11.5 Å². The van der Waals surface area contributed by atoms with Crippen molar-refractivity contribution in [1.29, 1.82) is 0 Å². The van der Waals surface area contributed by atoms with Crippen molar-refractivity contribution in [2.45, 2.75) is 115 Å². The van der Waals surface area contributed by atoms with Crippen LogP contribution >= 0.6 is 0 Å². The molecule has 2 heterocycles. The minimum atomic E-state index is -1.30. The molecular formula is C29H42O8. The molecule has 0 bridgehead atoms. The fourth-order valence-corrected chi connectivity index (χ4v) is 9.26. The molecular weight excluding hydrogens is 476 g/mol. The van der Waals surface area contributed by atoms with Crippen molar-refractivity contribution in [3.8, 4) is 0 Å². The lowest BCUT2D eigenvalue weighted by molar-refractivity contribution is -0.301. The number of aliphatic hydroxyl groups excluding tert-OH is 3. The number of ether oxygens (including phenoxy) is 3. The van der Waals surface area contributed by atoms with Crippen LogP contribution in [0.1, 0.15) is 72.1 Å². The second kappa shape index (κ2) is 8.86. The van der Waals surface area contributed by atoms with Gasteiger partial charge in [0.25, 0.3) is 0 Å². The van der Waals surface area contributed by atoms with Crippen LogP contribution in [0.3, 0.4) is 0 Å². The van der Waals surface area contributed by atoms with Crippen molar-refractivity contribution >= 4 is 5.97 Å². The largest absolute Gasteiger partial charge is 0.458 e. The van der Waals surface area contributed by atoms with Gasteiger partial charge < -0.3 is 34.6 Å². The minimum absolute atomic E-state index is 0.0152. The molecule has 0 unspecified atom stereocenters. The van der Waals surface area contributed by atoms with E-state index >= 15 is 0 Å². The van der Waals surface area contributed by atoms with E-state index in [1.807, 2.05) is 0 Å². The van der Waals surface area contributed by atoms with Gasteiger partial charge in [0.1, 0.15) is 24.9 Å². The molecule has 4 aliphatic carbocycles. The third-order valence-corrected chi connectivity index (χ3v) is 11.5. The molecule has 4 fully saturated rings. The summed E-state index contributed by atoms with van der Waals surface area (Å²) in [7, 11) is 0. The summed E-state index contributed by atoms with van der Waals surface area (Å²) in [5.41, 5.74) is 1.41. The first-order valence-electron chi connectivity index (χ1n) is 14.1. The Morgan fingerprint density at radius 2 is 1.76 bits per heavy atom. The summed E-state index contributed by atoms with van der Waals surface area (Å²) in [6.07, 6.45) is 5.44. The maximum Gasteiger partial charge on any atom is 0.331 e. The molecule has 2 aliphatic heterocycles. The molecule has 0 aromatic heterocycles. The summed E-state index contributed by atoms with van der Waals surface area (Å²) >= 11 is 0. The standard InChI is InChI=1S/C29H42O8/c1-15-23(31)24(32)25(33)26(36-15)37-18-6-9-27(2)17(13-18)4-5-21-20(27)7-10-28(3)19(8-11-29(21,28)34)16-12-22(30)35-14-16/h12-13,15,18-21,23-26,31-34H,4-11,14H2,1-3H3/t15-,18+,19-,20+,21-,23+,24+,25-,26+,27+,28-,29+/m1/s1. The van der Waals surface area contributed by atoms with Crippen LogP contribution in [-0.2, 0) is 19.0 Å². The Morgan fingerprint density at radius 1 is 0.973 bits per heavy atom. The van der Waals surface area contributed by atoms with Gasteiger partial charge >= 0.3 is 5.97 Å². The summed E-state index contributed by atoms with van der Waals surface area (Å²) in [5, 5.41) is 42.9. The molecule has 12 atom stereocenters. The van der Waals surface area contributed by atoms with Crippen LogP contribution < -0.4 is 0 Å². The molecule has 6 rings (SSSR count). The average Bonchev–Trinajstić information content (AvgIpc) is 3.41. The van der Waals surface area contributed by atoms with Crippen LogP contribution in [-0.4, -0.2) is 75.4 Å². The van der Waals surface area contributed by atoms with Gasteiger partial charge in [-0.05, 0) is 87.0 Å². The highest BCUT2D eigenvalue weighted by Gasteiger charge is 2.67. The van der Waals surface area contributed by atoms with Gasteiger partial charge in [-0.25, -0.2) is 4.79 Å². The van der Waals surface area contributed by atoms with Gasteiger partial charge in [0.05, 0.1) is 17.8 Å². The second-order valence-corrected chi connectivity index (χ2v) is 13.1. The monoisotopic (exact) mass is 518 g/mol.